The lowest BCUT2D eigenvalue weighted by molar-refractivity contribution is 0.428. The maximum atomic E-state index is 12.3. The van der Waals surface area contributed by atoms with E-state index in [4.69, 9.17) is 0 Å². The molecule has 1 heterocycles. The van der Waals surface area contributed by atoms with Crippen molar-refractivity contribution in [2.45, 2.75) is 38.8 Å². The zero-order chi connectivity index (χ0) is 16.9. The molecular weight excluding hydrogens is 298 g/mol. The normalized spacial score (nSPS) is 13.8. The van der Waals surface area contributed by atoms with Gasteiger partial charge in [-0.05, 0) is 31.0 Å². The summed E-state index contributed by atoms with van der Waals surface area (Å²) in [5, 5.41) is 4.24. The highest BCUT2D eigenvalue weighted by molar-refractivity contribution is 5.77. The van der Waals surface area contributed by atoms with Gasteiger partial charge in [0.25, 0.3) is 5.56 Å². The molecule has 2 aromatic carbocycles. The van der Waals surface area contributed by atoms with E-state index in [2.05, 4.69) is 46.5 Å². The molecule has 0 amide bonds. The molecule has 0 aliphatic carbocycles. The molecule has 0 aliphatic heterocycles. The highest BCUT2D eigenvalue weighted by atomic mass is 16.1. The van der Waals surface area contributed by atoms with Gasteiger partial charge in [-0.2, -0.15) is 0 Å². The van der Waals surface area contributed by atoms with Crippen LogP contribution in [0.4, 0.5) is 0 Å². The van der Waals surface area contributed by atoms with Crippen LogP contribution in [-0.4, -0.2) is 9.97 Å². The van der Waals surface area contributed by atoms with Crippen LogP contribution in [0.25, 0.3) is 10.9 Å². The zero-order valence-electron chi connectivity index (χ0n) is 14.1. The summed E-state index contributed by atoms with van der Waals surface area (Å²) in [6.07, 6.45) is 2.12. The molecule has 4 nitrogen and oxygen atoms in total. The quantitative estimate of drug-likeness (QED) is 0.718. The van der Waals surface area contributed by atoms with Crippen LogP contribution in [0.3, 0.4) is 0 Å². The van der Waals surface area contributed by atoms with Crippen molar-refractivity contribution < 1.29 is 0 Å². The van der Waals surface area contributed by atoms with E-state index in [1.54, 1.807) is 6.07 Å². The number of H-pyrrole nitrogens is 1. The number of nitrogens with zero attached hydrogens (tertiary/aromatic N) is 1. The van der Waals surface area contributed by atoms with Crippen LogP contribution in [0.2, 0.25) is 0 Å². The maximum absolute atomic E-state index is 12.3. The number of fused-ring (bicyclic) bond motifs is 1. The molecule has 0 saturated heterocycles. The Morgan fingerprint density at radius 1 is 1.08 bits per heavy atom. The fraction of sp³-hybridized carbons (Fsp3) is 0.300. The second kappa shape index (κ2) is 7.41. The standard InChI is InChI=1S/C20H23N3O/c1-3-9-17(15-10-5-4-6-11-15)21-14(2)19-22-18-13-8-7-12-16(18)20(24)23-19/h4-8,10-14,17,21H,3,9H2,1-2H3,(H,22,23,24)/t14-,17+/m1/s1. The Balaban J connectivity index is 1.88. The second-order valence-corrected chi connectivity index (χ2v) is 6.11. The van der Waals surface area contributed by atoms with Gasteiger partial charge in [0.05, 0.1) is 16.9 Å². The van der Waals surface area contributed by atoms with Crippen LogP contribution in [0, 0.1) is 0 Å². The maximum Gasteiger partial charge on any atom is 0.258 e. The van der Waals surface area contributed by atoms with E-state index in [1.807, 2.05) is 31.2 Å². The van der Waals surface area contributed by atoms with Gasteiger partial charge < -0.3 is 10.3 Å². The molecule has 3 aromatic rings. The van der Waals surface area contributed by atoms with E-state index in [-0.39, 0.29) is 17.6 Å². The molecule has 0 bridgehead atoms. The van der Waals surface area contributed by atoms with Gasteiger partial charge in [0.2, 0.25) is 0 Å². The summed E-state index contributed by atoms with van der Waals surface area (Å²) in [4.78, 5) is 19.8. The fourth-order valence-corrected chi connectivity index (χ4v) is 3.01. The number of hydrogen-bond acceptors (Lipinski definition) is 3. The molecule has 3 rings (SSSR count). The first-order valence-electron chi connectivity index (χ1n) is 8.49. The lowest BCUT2D eigenvalue weighted by atomic mass is 10.0. The first kappa shape index (κ1) is 16.4. The molecule has 2 N–H and O–H groups in total. The lowest BCUT2D eigenvalue weighted by Crippen LogP contribution is -2.27. The van der Waals surface area contributed by atoms with Crippen LogP contribution in [0.5, 0.6) is 0 Å². The fourth-order valence-electron chi connectivity index (χ4n) is 3.01. The van der Waals surface area contributed by atoms with Crippen molar-refractivity contribution in [2.75, 3.05) is 0 Å². The van der Waals surface area contributed by atoms with E-state index >= 15 is 0 Å². The highest BCUT2D eigenvalue weighted by Crippen LogP contribution is 2.22. The smallest absolute Gasteiger partial charge is 0.258 e. The third-order valence-corrected chi connectivity index (χ3v) is 4.27. The van der Waals surface area contributed by atoms with Crippen molar-refractivity contribution in [1.29, 1.82) is 0 Å². The van der Waals surface area contributed by atoms with Crippen LogP contribution >= 0.6 is 0 Å². The topological polar surface area (TPSA) is 57.8 Å². The van der Waals surface area contributed by atoms with E-state index in [1.165, 1.54) is 5.56 Å². The van der Waals surface area contributed by atoms with Gasteiger partial charge in [-0.25, -0.2) is 4.98 Å². The van der Waals surface area contributed by atoms with Gasteiger partial charge in [0.15, 0.2) is 0 Å². The van der Waals surface area contributed by atoms with Gasteiger partial charge in [0, 0.05) is 6.04 Å². The molecule has 0 spiro atoms. The van der Waals surface area contributed by atoms with Gasteiger partial charge in [-0.15, -0.1) is 0 Å². The predicted molar refractivity (Wildman–Crippen MR) is 98.0 cm³/mol. The van der Waals surface area contributed by atoms with Gasteiger partial charge >= 0.3 is 0 Å². The molecule has 2 atom stereocenters. The molecule has 0 saturated carbocycles. The summed E-state index contributed by atoms with van der Waals surface area (Å²) >= 11 is 0. The van der Waals surface area contributed by atoms with E-state index < -0.39 is 0 Å². The van der Waals surface area contributed by atoms with Crippen molar-refractivity contribution in [3.05, 3.63) is 76.3 Å². The minimum absolute atomic E-state index is 0.0425. The largest absolute Gasteiger partial charge is 0.309 e. The minimum Gasteiger partial charge on any atom is -0.309 e. The predicted octanol–water partition coefficient (Wildman–Crippen LogP) is 4.12. The van der Waals surface area contributed by atoms with Crippen molar-refractivity contribution in [3.8, 4) is 0 Å². The summed E-state index contributed by atoms with van der Waals surface area (Å²) in [7, 11) is 0. The summed E-state index contributed by atoms with van der Waals surface area (Å²) in [6.45, 7) is 4.22. The average molecular weight is 321 g/mol. The summed E-state index contributed by atoms with van der Waals surface area (Å²) in [5.74, 6) is 0.677. The van der Waals surface area contributed by atoms with Crippen LogP contribution in [-0.2, 0) is 0 Å². The number of aromatic nitrogens is 2. The van der Waals surface area contributed by atoms with Crippen LogP contribution in [0.1, 0.15) is 50.2 Å². The first-order chi connectivity index (χ1) is 11.7. The summed E-state index contributed by atoms with van der Waals surface area (Å²) in [6, 6.07) is 18.0. The monoisotopic (exact) mass is 321 g/mol. The van der Waals surface area contributed by atoms with Gasteiger partial charge in [-0.3, -0.25) is 4.79 Å². The molecule has 0 fully saturated rings. The summed E-state index contributed by atoms with van der Waals surface area (Å²) < 4.78 is 0. The van der Waals surface area contributed by atoms with E-state index in [9.17, 15) is 4.79 Å². The molecule has 0 aliphatic rings. The third-order valence-electron chi connectivity index (χ3n) is 4.27. The highest BCUT2D eigenvalue weighted by Gasteiger charge is 2.17. The number of rotatable bonds is 6. The number of hydrogen-bond donors (Lipinski definition) is 2. The van der Waals surface area contributed by atoms with Gasteiger partial charge in [0.1, 0.15) is 5.82 Å². The Morgan fingerprint density at radius 2 is 1.79 bits per heavy atom. The zero-order valence-corrected chi connectivity index (χ0v) is 14.1. The molecule has 124 valence electrons. The number of nitrogens with one attached hydrogen (secondary N) is 2. The van der Waals surface area contributed by atoms with E-state index in [0.29, 0.717) is 11.2 Å². The Labute approximate surface area is 142 Å². The molecule has 4 heteroatoms. The second-order valence-electron chi connectivity index (χ2n) is 6.11. The SMILES string of the molecule is CCC[C@H](N[C@H](C)c1nc2ccccc2c(=O)[nH]1)c1ccccc1. The number of para-hydroxylation sites is 1. The van der Waals surface area contributed by atoms with Crippen molar-refractivity contribution >= 4 is 10.9 Å². The molecule has 0 unspecified atom stereocenters. The van der Waals surface area contributed by atoms with Crippen molar-refractivity contribution in [1.82, 2.24) is 15.3 Å². The minimum atomic E-state index is -0.0870. The molecule has 1 aromatic heterocycles. The Kier molecular flexibility index (Phi) is 5.06. The molecule has 0 radical (unpaired) electrons. The van der Waals surface area contributed by atoms with E-state index in [0.717, 1.165) is 18.4 Å². The first-order valence-corrected chi connectivity index (χ1v) is 8.49. The van der Waals surface area contributed by atoms with Crippen LogP contribution in [0.15, 0.2) is 59.4 Å². The Morgan fingerprint density at radius 3 is 2.54 bits per heavy atom. The van der Waals surface area contributed by atoms with Crippen molar-refractivity contribution in [3.63, 3.8) is 0 Å². The average Bonchev–Trinajstić information content (AvgIpc) is 2.62. The summed E-state index contributed by atoms with van der Waals surface area (Å²) in [5.41, 5.74) is 1.90. The Hall–Kier alpha value is -2.46. The number of aromatic amines is 1. The third kappa shape index (κ3) is 3.54. The van der Waals surface area contributed by atoms with Crippen LogP contribution < -0.4 is 10.9 Å². The molecule has 24 heavy (non-hydrogen) atoms. The van der Waals surface area contributed by atoms with Gasteiger partial charge in [-0.1, -0.05) is 55.8 Å². The Bertz CT molecular complexity index is 857. The number of benzene rings is 2. The lowest BCUT2D eigenvalue weighted by Gasteiger charge is -2.23. The van der Waals surface area contributed by atoms with Crippen molar-refractivity contribution in [2.24, 2.45) is 0 Å². The molecular formula is C20H23N3O.